The van der Waals surface area contributed by atoms with Gasteiger partial charge in [0.2, 0.25) is 0 Å². The third-order valence-electron chi connectivity index (χ3n) is 3.97. The lowest BCUT2D eigenvalue weighted by molar-refractivity contribution is 0.0515. The topological polar surface area (TPSA) is 73.2 Å². The molecule has 2 heterocycles. The number of fused-ring (bicyclic) bond motifs is 1. The van der Waals surface area contributed by atoms with Crippen LogP contribution in [0, 0.1) is 0 Å². The molecule has 134 valence electrons. The summed E-state index contributed by atoms with van der Waals surface area (Å²) >= 11 is 1.31. The van der Waals surface area contributed by atoms with Crippen LogP contribution in [0.25, 0.3) is 0 Å². The van der Waals surface area contributed by atoms with E-state index in [4.69, 9.17) is 4.74 Å². The molecule has 1 aliphatic rings. The molecule has 0 bridgehead atoms. The van der Waals surface area contributed by atoms with Gasteiger partial charge >= 0.3 is 12.5 Å². The number of thiophene rings is 1. The van der Waals surface area contributed by atoms with E-state index in [9.17, 15) is 18.4 Å². The van der Waals surface area contributed by atoms with Crippen molar-refractivity contribution in [3.8, 4) is 0 Å². The zero-order valence-electron chi connectivity index (χ0n) is 13.6. The Balaban J connectivity index is 1.94. The van der Waals surface area contributed by atoms with E-state index in [1.165, 1.54) is 17.4 Å². The Morgan fingerprint density at radius 2 is 2.16 bits per heavy atom. The van der Waals surface area contributed by atoms with Crippen LogP contribution in [-0.2, 0) is 17.6 Å². The van der Waals surface area contributed by atoms with Crippen LogP contribution >= 0.6 is 11.3 Å². The van der Waals surface area contributed by atoms with Crippen LogP contribution in [-0.4, -0.2) is 28.3 Å². The van der Waals surface area contributed by atoms with Crippen molar-refractivity contribution in [3.05, 3.63) is 34.0 Å². The molecular formula is C16H17F2N3O3S. The van der Waals surface area contributed by atoms with Crippen molar-refractivity contribution in [1.82, 2.24) is 9.78 Å². The molecule has 0 aromatic carbocycles. The predicted octanol–water partition coefficient (Wildman–Crippen LogP) is 3.65. The van der Waals surface area contributed by atoms with Gasteiger partial charge in [-0.05, 0) is 44.2 Å². The number of ether oxygens (including phenoxy) is 1. The third-order valence-corrected chi connectivity index (χ3v) is 5.17. The first kappa shape index (κ1) is 17.5. The van der Waals surface area contributed by atoms with Crippen LogP contribution in [0.15, 0.2) is 12.3 Å². The number of carbonyl (C=O) groups is 2. The third kappa shape index (κ3) is 3.41. The summed E-state index contributed by atoms with van der Waals surface area (Å²) in [7, 11) is 0. The van der Waals surface area contributed by atoms with Crippen molar-refractivity contribution in [2.45, 2.75) is 39.2 Å². The van der Waals surface area contributed by atoms with E-state index in [1.54, 1.807) is 6.92 Å². The zero-order valence-corrected chi connectivity index (χ0v) is 14.4. The molecule has 0 atom stereocenters. The first-order valence-corrected chi connectivity index (χ1v) is 8.79. The highest BCUT2D eigenvalue weighted by Crippen LogP contribution is 2.38. The Bertz CT molecular complexity index is 801. The number of esters is 1. The molecule has 0 saturated carbocycles. The van der Waals surface area contributed by atoms with E-state index >= 15 is 0 Å². The Morgan fingerprint density at radius 1 is 1.40 bits per heavy atom. The van der Waals surface area contributed by atoms with Gasteiger partial charge in [-0.2, -0.15) is 18.6 Å². The number of rotatable bonds is 5. The van der Waals surface area contributed by atoms with Gasteiger partial charge in [0, 0.05) is 11.1 Å². The standard InChI is InChI=1S/C16H17F2N3O3S/c1-2-24-15(23)12-9-5-3-4-6-11(9)25-14(12)20-13(22)10-7-8-19-21(10)16(17)18/h7-8,16H,2-6H2,1H3,(H,20,22). The number of alkyl halides is 2. The lowest BCUT2D eigenvalue weighted by Crippen LogP contribution is -2.19. The largest absolute Gasteiger partial charge is 0.462 e. The molecule has 25 heavy (non-hydrogen) atoms. The van der Waals surface area contributed by atoms with Gasteiger partial charge in [0.15, 0.2) is 0 Å². The number of halogens is 2. The highest BCUT2D eigenvalue weighted by molar-refractivity contribution is 7.17. The number of nitrogens with zero attached hydrogens (tertiary/aromatic N) is 2. The second-order valence-electron chi connectivity index (χ2n) is 5.53. The molecule has 1 aliphatic carbocycles. The molecule has 0 radical (unpaired) electrons. The molecule has 9 heteroatoms. The summed E-state index contributed by atoms with van der Waals surface area (Å²) in [6.07, 6.45) is 4.68. The second kappa shape index (κ2) is 7.30. The summed E-state index contributed by atoms with van der Waals surface area (Å²) in [6, 6.07) is 1.21. The first-order valence-electron chi connectivity index (χ1n) is 7.97. The summed E-state index contributed by atoms with van der Waals surface area (Å²) in [5.74, 6) is -1.23. The highest BCUT2D eigenvalue weighted by atomic mass is 32.1. The Labute approximate surface area is 146 Å². The molecule has 3 rings (SSSR count). The van der Waals surface area contributed by atoms with Crippen LogP contribution < -0.4 is 5.32 Å². The number of nitrogens with one attached hydrogen (secondary N) is 1. The van der Waals surface area contributed by atoms with Crippen LogP contribution in [0.1, 0.15) is 57.6 Å². The van der Waals surface area contributed by atoms with Crippen molar-refractivity contribution in [2.24, 2.45) is 0 Å². The molecule has 0 saturated heterocycles. The summed E-state index contributed by atoms with van der Waals surface area (Å²) in [5.41, 5.74) is 0.974. The van der Waals surface area contributed by atoms with Crippen molar-refractivity contribution in [1.29, 1.82) is 0 Å². The molecule has 6 nitrogen and oxygen atoms in total. The maximum absolute atomic E-state index is 12.9. The molecule has 2 aromatic rings. The zero-order chi connectivity index (χ0) is 18.0. The maximum atomic E-state index is 12.9. The second-order valence-corrected chi connectivity index (χ2v) is 6.63. The van der Waals surface area contributed by atoms with E-state index in [2.05, 4.69) is 10.4 Å². The fourth-order valence-corrected chi connectivity index (χ4v) is 4.16. The van der Waals surface area contributed by atoms with Crippen LogP contribution in [0.5, 0.6) is 0 Å². The lowest BCUT2D eigenvalue weighted by Gasteiger charge is -2.12. The summed E-state index contributed by atoms with van der Waals surface area (Å²) < 4.78 is 31.3. The number of aryl methyl sites for hydroxylation is 1. The van der Waals surface area contributed by atoms with Gasteiger partial charge in [-0.3, -0.25) is 4.79 Å². The van der Waals surface area contributed by atoms with Gasteiger partial charge in [-0.25, -0.2) is 4.79 Å². The van der Waals surface area contributed by atoms with E-state index in [-0.39, 0.29) is 12.3 Å². The monoisotopic (exact) mass is 369 g/mol. The smallest absolute Gasteiger partial charge is 0.341 e. The Morgan fingerprint density at radius 3 is 2.88 bits per heavy atom. The highest BCUT2D eigenvalue weighted by Gasteiger charge is 2.28. The number of hydrogen-bond donors (Lipinski definition) is 1. The van der Waals surface area contributed by atoms with Crippen LogP contribution in [0.4, 0.5) is 13.8 Å². The quantitative estimate of drug-likeness (QED) is 0.817. The van der Waals surface area contributed by atoms with Gasteiger partial charge in [0.05, 0.1) is 12.2 Å². The average Bonchev–Trinajstić information content (AvgIpc) is 3.19. The predicted molar refractivity (Wildman–Crippen MR) is 88.4 cm³/mol. The number of anilines is 1. The molecule has 2 aromatic heterocycles. The molecule has 1 amide bonds. The minimum Gasteiger partial charge on any atom is -0.462 e. The number of aromatic nitrogens is 2. The van der Waals surface area contributed by atoms with Crippen LogP contribution in [0.2, 0.25) is 0 Å². The number of carbonyl (C=O) groups excluding carboxylic acids is 2. The first-order chi connectivity index (χ1) is 12.0. The molecule has 0 unspecified atom stereocenters. The molecule has 1 N–H and O–H groups in total. The van der Waals surface area contributed by atoms with Crippen molar-refractivity contribution < 1.29 is 23.1 Å². The van der Waals surface area contributed by atoms with Gasteiger partial charge < -0.3 is 10.1 Å². The number of hydrogen-bond acceptors (Lipinski definition) is 5. The minimum atomic E-state index is -2.92. The summed E-state index contributed by atoms with van der Waals surface area (Å²) in [5, 5.41) is 6.38. The minimum absolute atomic E-state index is 0.217. The molecule has 0 spiro atoms. The van der Waals surface area contributed by atoms with Gasteiger partial charge in [0.25, 0.3) is 5.91 Å². The summed E-state index contributed by atoms with van der Waals surface area (Å²) in [6.45, 7) is -0.998. The molecule has 0 aliphatic heterocycles. The lowest BCUT2D eigenvalue weighted by atomic mass is 9.95. The summed E-state index contributed by atoms with van der Waals surface area (Å²) in [4.78, 5) is 25.8. The fraction of sp³-hybridized carbons (Fsp3) is 0.438. The van der Waals surface area contributed by atoms with Gasteiger partial charge in [0.1, 0.15) is 10.7 Å². The van der Waals surface area contributed by atoms with E-state index in [1.807, 2.05) is 0 Å². The molecule has 0 fully saturated rings. The van der Waals surface area contributed by atoms with Crippen molar-refractivity contribution >= 4 is 28.2 Å². The number of amides is 1. The van der Waals surface area contributed by atoms with E-state index in [0.717, 1.165) is 42.3 Å². The van der Waals surface area contributed by atoms with Gasteiger partial charge in [-0.1, -0.05) is 0 Å². The van der Waals surface area contributed by atoms with Gasteiger partial charge in [-0.15, -0.1) is 11.3 Å². The van der Waals surface area contributed by atoms with E-state index in [0.29, 0.717) is 15.2 Å². The fourth-order valence-electron chi connectivity index (χ4n) is 2.89. The normalized spacial score (nSPS) is 13.6. The average molecular weight is 369 g/mol. The Kier molecular flexibility index (Phi) is 5.12. The van der Waals surface area contributed by atoms with Crippen molar-refractivity contribution in [3.63, 3.8) is 0 Å². The SMILES string of the molecule is CCOC(=O)c1c(NC(=O)c2ccnn2C(F)F)sc2c1CCCC2. The van der Waals surface area contributed by atoms with Crippen LogP contribution in [0.3, 0.4) is 0 Å². The van der Waals surface area contributed by atoms with Crippen molar-refractivity contribution in [2.75, 3.05) is 11.9 Å². The van der Waals surface area contributed by atoms with E-state index < -0.39 is 18.4 Å². The molecular weight excluding hydrogens is 352 g/mol. The Hall–Kier alpha value is -2.29. The maximum Gasteiger partial charge on any atom is 0.341 e.